The van der Waals surface area contributed by atoms with Crippen LogP contribution in [0.15, 0.2) is 47.1 Å². The van der Waals surface area contributed by atoms with Crippen molar-refractivity contribution in [1.82, 2.24) is 5.32 Å². The van der Waals surface area contributed by atoms with Gasteiger partial charge in [0, 0.05) is 55.9 Å². The van der Waals surface area contributed by atoms with Crippen LogP contribution in [0.1, 0.15) is 176 Å². The summed E-state index contributed by atoms with van der Waals surface area (Å²) in [5.41, 5.74) is 4.02. The molecule has 13 nitrogen and oxygen atoms in total. The Bertz CT molecular complexity index is 2470. The number of nitrogens with zero attached hydrogens (tertiary/aromatic N) is 1. The number of likely N-dealkylation sites (N-methyl/N-ethyl adjacent to an activating group) is 1. The average Bonchev–Trinajstić information content (AvgIpc) is 3.96. The number of aliphatic hydroxyl groups excluding tert-OH is 1. The van der Waals surface area contributed by atoms with Crippen molar-refractivity contribution in [2.45, 2.75) is 200 Å². The van der Waals surface area contributed by atoms with E-state index in [-0.39, 0.29) is 83.7 Å². The number of carboxylic acids is 1. The Kier molecular flexibility index (Phi) is 16.3. The summed E-state index contributed by atoms with van der Waals surface area (Å²) in [6.45, 7) is 17.9. The molecule has 0 saturated heterocycles. The number of aliphatic carboxylic acids is 1. The van der Waals surface area contributed by atoms with E-state index >= 15 is 0 Å². The smallest absolute Gasteiger partial charge is 0.481 e. The summed E-state index contributed by atoms with van der Waals surface area (Å²) in [5, 5.41) is 36.8. The number of fused-ring (bicyclic) bond motifs is 9. The van der Waals surface area contributed by atoms with Gasteiger partial charge >= 0.3 is 18.2 Å². The van der Waals surface area contributed by atoms with Crippen LogP contribution in [0.5, 0.6) is 0 Å². The zero-order chi connectivity index (χ0) is 54.5. The molecule has 13 heteroatoms. The van der Waals surface area contributed by atoms with Gasteiger partial charge in [0.1, 0.15) is 17.3 Å². The second kappa shape index (κ2) is 22.0. The number of amides is 1. The van der Waals surface area contributed by atoms with E-state index in [2.05, 4.69) is 81.1 Å². The van der Waals surface area contributed by atoms with Gasteiger partial charge in [0.2, 0.25) is 0 Å². The number of alkyl carbamates (subject to hydrolysis) is 1. The number of carbonyl (C=O) groups excluding carboxylic acids is 3. The van der Waals surface area contributed by atoms with Crippen molar-refractivity contribution in [1.29, 1.82) is 0 Å². The SMILES string of the molecule is CC#C[C@]1(O)CC[C@H]2[C@@H]3CCC4=CC(=O)CCC4=C3[C@@H](c3ccc(N(C)CCO[C@H]4CC[C@@]5(C)[C@@H](C4)C[C@@H](OC(=O)OCCCNC(=O)OC(C)(C)C)[C@@H]4[C@@H]5C[C@H](O)[C@]5(C)[C@@H]([C@H](C)CCC(=O)O)CC[C@@H]45)cc3)C[C@@]21C. The lowest BCUT2D eigenvalue weighted by atomic mass is 9.43. The van der Waals surface area contributed by atoms with Gasteiger partial charge in [-0.05, 0) is 211 Å². The van der Waals surface area contributed by atoms with Crippen LogP contribution in [0.3, 0.4) is 0 Å². The molecule has 0 aliphatic heterocycles. The molecule has 1 amide bonds. The molecule has 1 aromatic carbocycles. The van der Waals surface area contributed by atoms with Crippen molar-refractivity contribution < 1.29 is 53.4 Å². The summed E-state index contributed by atoms with van der Waals surface area (Å²) in [4.78, 5) is 52.3. The predicted molar refractivity (Wildman–Crippen MR) is 291 cm³/mol. The second-order valence-corrected chi connectivity index (χ2v) is 26.5. The highest BCUT2D eigenvalue weighted by atomic mass is 16.7. The van der Waals surface area contributed by atoms with Crippen LogP contribution in [0, 0.1) is 75.4 Å². The van der Waals surface area contributed by atoms with Gasteiger partial charge in [-0.15, -0.1) is 5.92 Å². The third-order valence-electron chi connectivity index (χ3n) is 21.5. The number of rotatable bonds is 15. The van der Waals surface area contributed by atoms with Crippen LogP contribution < -0.4 is 10.2 Å². The van der Waals surface area contributed by atoms with Gasteiger partial charge in [-0.25, -0.2) is 9.59 Å². The fraction of sp³-hybridized carbons (Fsp3) is 0.746. The minimum Gasteiger partial charge on any atom is -0.481 e. The summed E-state index contributed by atoms with van der Waals surface area (Å²) < 4.78 is 24.2. The summed E-state index contributed by atoms with van der Waals surface area (Å²) in [6.07, 6.45) is 12.4. The fourth-order valence-corrected chi connectivity index (χ4v) is 17.6. The summed E-state index contributed by atoms with van der Waals surface area (Å²) >= 11 is 0. The Morgan fingerprint density at radius 3 is 2.42 bits per heavy atom. The van der Waals surface area contributed by atoms with Crippen LogP contribution in [0.25, 0.3) is 0 Å². The fourth-order valence-electron chi connectivity index (χ4n) is 17.6. The molecule has 0 radical (unpaired) electrons. The summed E-state index contributed by atoms with van der Waals surface area (Å²) in [6, 6.07) is 9.02. The predicted octanol–water partition coefficient (Wildman–Crippen LogP) is 11.3. The van der Waals surface area contributed by atoms with Gasteiger partial charge in [-0.3, -0.25) is 9.59 Å². The van der Waals surface area contributed by atoms with Crippen LogP contribution >= 0.6 is 0 Å². The standard InChI is InChI=1S/C63H90N2O11/c1-10-26-63(72)28-25-49-46-19-15-40-33-43(66)18-20-45(40)55(46)47(37-61(49,63)7)39-13-16-42(17-14-39)65(9)30-32-73-44-24-27-60(6)41(34-44)35-52(75-58(71)74-31-11-29-64-57(70)76-59(3,4)5)56-50-22-21-48(38(2)12-23-54(68)69)62(50,8)53(67)36-51(56)60/h13-14,16-17,33,38,41,44,46-53,56,67,72H,11-12,15,18-25,27-32,34-37H2,1-9H3,(H,64,70)(H,68,69)/t38-,41+,44+,46+,47-,48-,49+,50+,51+,52-,53+,56+,60+,61+,62-,63+/m1/s1. The minimum atomic E-state index is -1.02. The lowest BCUT2D eigenvalue weighted by Crippen LogP contribution is -2.63. The second-order valence-electron chi connectivity index (χ2n) is 26.5. The van der Waals surface area contributed by atoms with E-state index in [9.17, 15) is 34.5 Å². The van der Waals surface area contributed by atoms with Gasteiger partial charge in [0.15, 0.2) is 5.78 Å². The number of benzene rings is 1. The minimum absolute atomic E-state index is 0.0262. The first-order valence-corrected chi connectivity index (χ1v) is 29.3. The first-order chi connectivity index (χ1) is 36.0. The molecular weight excluding hydrogens is 961 g/mol. The van der Waals surface area contributed by atoms with Gasteiger partial charge in [0.05, 0.1) is 25.4 Å². The van der Waals surface area contributed by atoms with E-state index in [1.165, 1.54) is 22.3 Å². The van der Waals surface area contributed by atoms with E-state index in [1.54, 1.807) is 20.8 Å². The molecule has 418 valence electrons. The number of hydrogen-bond donors (Lipinski definition) is 4. The third-order valence-corrected chi connectivity index (χ3v) is 21.5. The number of nitrogens with one attached hydrogen (secondary N) is 1. The van der Waals surface area contributed by atoms with E-state index in [0.717, 1.165) is 69.9 Å². The number of carboxylic acid groups (broad SMARTS) is 1. The van der Waals surface area contributed by atoms with E-state index in [0.29, 0.717) is 63.5 Å². The highest BCUT2D eigenvalue weighted by molar-refractivity contribution is 5.93. The van der Waals surface area contributed by atoms with Crippen LogP contribution in [-0.4, -0.2) is 102 Å². The largest absolute Gasteiger partial charge is 0.508 e. The maximum Gasteiger partial charge on any atom is 0.508 e. The van der Waals surface area contributed by atoms with Crippen LogP contribution in [0.2, 0.25) is 0 Å². The topological polar surface area (TPSA) is 181 Å². The monoisotopic (exact) mass is 1050 g/mol. The van der Waals surface area contributed by atoms with E-state index in [4.69, 9.17) is 18.9 Å². The number of hydrogen-bond acceptors (Lipinski definition) is 11. The lowest BCUT2D eigenvalue weighted by molar-refractivity contribution is -0.211. The van der Waals surface area contributed by atoms with Gasteiger partial charge in [-0.2, -0.15) is 0 Å². The molecule has 4 N–H and O–H groups in total. The van der Waals surface area contributed by atoms with E-state index < -0.39 is 47.0 Å². The van der Waals surface area contributed by atoms with E-state index in [1.807, 2.05) is 13.0 Å². The zero-order valence-electron chi connectivity index (χ0n) is 47.2. The molecule has 0 spiro atoms. The number of ketones is 1. The Morgan fingerprint density at radius 2 is 1.70 bits per heavy atom. The number of anilines is 1. The molecule has 0 heterocycles. The van der Waals surface area contributed by atoms with Crippen molar-refractivity contribution in [2.24, 2.45) is 63.6 Å². The Morgan fingerprint density at radius 1 is 0.934 bits per heavy atom. The normalized spacial score (nSPS) is 37.8. The molecule has 1 aromatic rings. The number of allylic oxidation sites excluding steroid dienone is 4. The molecule has 76 heavy (non-hydrogen) atoms. The van der Waals surface area contributed by atoms with Crippen LogP contribution in [-0.2, 0) is 28.5 Å². The maximum atomic E-state index is 13.6. The molecular formula is C63H90N2O11. The maximum absolute atomic E-state index is 13.6. The molecule has 6 fully saturated rings. The summed E-state index contributed by atoms with van der Waals surface area (Å²) in [5.74, 6) is 7.41. The molecule has 0 bridgehead atoms. The third kappa shape index (κ3) is 10.8. The van der Waals surface area contributed by atoms with Gasteiger partial charge < -0.3 is 44.5 Å². The molecule has 0 unspecified atom stereocenters. The molecule has 8 aliphatic carbocycles. The molecule has 8 aliphatic rings. The van der Waals surface area contributed by atoms with Crippen LogP contribution in [0.4, 0.5) is 15.3 Å². The lowest BCUT2D eigenvalue weighted by Gasteiger charge is -2.64. The zero-order valence-corrected chi connectivity index (χ0v) is 47.2. The van der Waals surface area contributed by atoms with Crippen molar-refractivity contribution >= 4 is 29.7 Å². The van der Waals surface area contributed by atoms with Crippen molar-refractivity contribution in [2.75, 3.05) is 38.3 Å². The number of carbonyl (C=O) groups is 4. The molecule has 16 atom stereocenters. The number of aliphatic hydroxyl groups is 2. The van der Waals surface area contributed by atoms with Gasteiger partial charge in [0.25, 0.3) is 0 Å². The highest BCUT2D eigenvalue weighted by Gasteiger charge is 2.67. The quantitative estimate of drug-likeness (QED) is 0.0743. The molecule has 9 rings (SSSR count). The highest BCUT2D eigenvalue weighted by Crippen LogP contribution is 2.70. The first kappa shape index (κ1) is 56.3. The average molecular weight is 1050 g/mol. The van der Waals surface area contributed by atoms with Crippen molar-refractivity contribution in [3.05, 3.63) is 52.6 Å². The molecule has 6 saturated carbocycles. The number of ether oxygens (including phenoxy) is 4. The summed E-state index contributed by atoms with van der Waals surface area (Å²) in [7, 11) is 2.12. The first-order valence-electron chi connectivity index (χ1n) is 29.3. The van der Waals surface area contributed by atoms with Crippen molar-refractivity contribution in [3.8, 4) is 11.8 Å². The Balaban J connectivity index is 0.861. The van der Waals surface area contributed by atoms with Crippen molar-refractivity contribution in [3.63, 3.8) is 0 Å². The Labute approximate surface area is 453 Å². The van der Waals surface area contributed by atoms with Gasteiger partial charge in [-0.1, -0.05) is 51.3 Å². The molecule has 0 aromatic heterocycles. The Hall–Kier alpha value is -4.38.